The van der Waals surface area contributed by atoms with Crippen molar-refractivity contribution in [3.8, 4) is 11.4 Å². The number of carbonyl (C=O) groups is 1. The van der Waals surface area contributed by atoms with Crippen molar-refractivity contribution < 1.29 is 4.79 Å². The summed E-state index contributed by atoms with van der Waals surface area (Å²) in [5.41, 5.74) is 2.44. The standard InChI is InChI=1S/C20H22N6O/c1-25-19(14-17(24-25)15-8-2-5-11-21-15)23-20(27)26-13-7-4-10-18(26)16-9-3-6-12-22-16/h2-3,5-6,8-9,11-12,14,18H,4,7,10,13H2,1H3,(H,23,27)/t18-/m1/s1. The molecule has 3 aromatic heterocycles. The number of carbonyl (C=O) groups excluding carboxylic acids is 1. The first-order chi connectivity index (χ1) is 13.2. The van der Waals surface area contributed by atoms with Crippen molar-refractivity contribution in [2.45, 2.75) is 25.3 Å². The van der Waals surface area contributed by atoms with E-state index in [1.165, 1.54) is 0 Å². The highest BCUT2D eigenvalue weighted by molar-refractivity contribution is 5.89. The van der Waals surface area contributed by atoms with E-state index in [0.29, 0.717) is 5.82 Å². The number of likely N-dealkylation sites (tertiary alicyclic amines) is 1. The highest BCUT2D eigenvalue weighted by Gasteiger charge is 2.29. The molecule has 0 aromatic carbocycles. The van der Waals surface area contributed by atoms with Crippen LogP contribution in [0.3, 0.4) is 0 Å². The smallest absolute Gasteiger partial charge is 0.316 e. The van der Waals surface area contributed by atoms with Gasteiger partial charge in [0.2, 0.25) is 0 Å². The minimum Gasteiger partial charge on any atom is -0.316 e. The summed E-state index contributed by atoms with van der Waals surface area (Å²) < 4.78 is 1.67. The molecule has 138 valence electrons. The molecule has 0 radical (unpaired) electrons. The van der Waals surface area contributed by atoms with E-state index in [0.717, 1.165) is 42.9 Å². The van der Waals surface area contributed by atoms with E-state index in [1.54, 1.807) is 17.1 Å². The summed E-state index contributed by atoms with van der Waals surface area (Å²) in [6.45, 7) is 0.720. The van der Waals surface area contributed by atoms with Gasteiger partial charge in [-0.1, -0.05) is 12.1 Å². The fraction of sp³-hybridized carbons (Fsp3) is 0.300. The van der Waals surface area contributed by atoms with Crippen LogP contribution in [0.4, 0.5) is 10.6 Å². The maximum absolute atomic E-state index is 13.0. The Morgan fingerprint density at radius 3 is 2.63 bits per heavy atom. The third-order valence-electron chi connectivity index (χ3n) is 4.83. The van der Waals surface area contributed by atoms with Crippen LogP contribution in [0, 0.1) is 0 Å². The van der Waals surface area contributed by atoms with Crippen LogP contribution >= 0.6 is 0 Å². The number of pyridine rings is 2. The molecular formula is C20H22N6O. The summed E-state index contributed by atoms with van der Waals surface area (Å²) in [7, 11) is 1.81. The molecular weight excluding hydrogens is 340 g/mol. The van der Waals surface area contributed by atoms with Crippen molar-refractivity contribution >= 4 is 11.8 Å². The molecule has 0 aliphatic carbocycles. The lowest BCUT2D eigenvalue weighted by Crippen LogP contribution is -2.41. The molecule has 1 aliphatic heterocycles. The van der Waals surface area contributed by atoms with Crippen LogP contribution in [0.2, 0.25) is 0 Å². The molecule has 1 saturated heterocycles. The van der Waals surface area contributed by atoms with Gasteiger partial charge in [-0.25, -0.2) is 4.79 Å². The predicted molar refractivity (Wildman–Crippen MR) is 103 cm³/mol. The van der Waals surface area contributed by atoms with E-state index < -0.39 is 0 Å². The summed E-state index contributed by atoms with van der Waals surface area (Å²) >= 11 is 0. The SMILES string of the molecule is Cn1nc(-c2ccccn2)cc1NC(=O)N1CCCC[C@@H]1c1ccccn1. The average Bonchev–Trinajstić information content (AvgIpc) is 3.09. The number of urea groups is 1. The van der Waals surface area contributed by atoms with Gasteiger partial charge in [-0.05, 0) is 43.5 Å². The Labute approximate surface area is 158 Å². The van der Waals surface area contributed by atoms with Gasteiger partial charge in [0.15, 0.2) is 0 Å². The number of aryl methyl sites for hydroxylation is 1. The van der Waals surface area contributed by atoms with Gasteiger partial charge in [0.1, 0.15) is 11.5 Å². The first-order valence-electron chi connectivity index (χ1n) is 9.16. The number of rotatable bonds is 3. The zero-order chi connectivity index (χ0) is 18.6. The van der Waals surface area contributed by atoms with Crippen molar-refractivity contribution in [1.29, 1.82) is 0 Å². The average molecular weight is 362 g/mol. The second-order valence-electron chi connectivity index (χ2n) is 6.64. The van der Waals surface area contributed by atoms with Crippen molar-refractivity contribution in [1.82, 2.24) is 24.6 Å². The molecule has 1 N–H and O–H groups in total. The summed E-state index contributed by atoms with van der Waals surface area (Å²) in [5, 5.41) is 7.47. The molecule has 0 saturated carbocycles. The van der Waals surface area contributed by atoms with Gasteiger partial charge in [-0.3, -0.25) is 20.0 Å². The summed E-state index contributed by atoms with van der Waals surface area (Å²) in [6.07, 6.45) is 6.53. The van der Waals surface area contributed by atoms with Gasteiger partial charge in [0.05, 0.1) is 17.4 Å². The lowest BCUT2D eigenvalue weighted by Gasteiger charge is -2.35. The van der Waals surface area contributed by atoms with Gasteiger partial charge in [-0.2, -0.15) is 5.10 Å². The molecule has 3 aromatic rings. The Balaban J connectivity index is 1.54. The van der Waals surface area contributed by atoms with Crippen LogP contribution in [0.5, 0.6) is 0 Å². The number of nitrogens with zero attached hydrogens (tertiary/aromatic N) is 5. The van der Waals surface area contributed by atoms with Gasteiger partial charge in [0, 0.05) is 32.1 Å². The molecule has 0 unspecified atom stereocenters. The molecule has 7 nitrogen and oxygen atoms in total. The molecule has 4 rings (SSSR count). The lowest BCUT2D eigenvalue weighted by molar-refractivity contribution is 0.161. The number of hydrogen-bond acceptors (Lipinski definition) is 4. The minimum absolute atomic E-state index is 0.00318. The third-order valence-corrected chi connectivity index (χ3v) is 4.83. The molecule has 0 bridgehead atoms. The van der Waals surface area contributed by atoms with Crippen LogP contribution in [0.25, 0.3) is 11.4 Å². The topological polar surface area (TPSA) is 75.9 Å². The van der Waals surface area contributed by atoms with Crippen LogP contribution in [-0.2, 0) is 7.05 Å². The zero-order valence-electron chi connectivity index (χ0n) is 15.2. The van der Waals surface area contributed by atoms with E-state index in [4.69, 9.17) is 0 Å². The van der Waals surface area contributed by atoms with Crippen LogP contribution in [0.15, 0.2) is 54.9 Å². The predicted octanol–water partition coefficient (Wildman–Crippen LogP) is 3.64. The molecule has 1 fully saturated rings. The Morgan fingerprint density at radius 1 is 1.07 bits per heavy atom. The van der Waals surface area contributed by atoms with Gasteiger partial charge >= 0.3 is 6.03 Å². The van der Waals surface area contributed by atoms with E-state index in [2.05, 4.69) is 20.4 Å². The molecule has 27 heavy (non-hydrogen) atoms. The van der Waals surface area contributed by atoms with Crippen molar-refractivity contribution in [3.05, 3.63) is 60.6 Å². The first-order valence-corrected chi connectivity index (χ1v) is 9.16. The van der Waals surface area contributed by atoms with E-state index >= 15 is 0 Å². The number of anilines is 1. The summed E-state index contributed by atoms with van der Waals surface area (Å²) in [6, 6.07) is 13.3. The number of amides is 2. The zero-order valence-corrected chi connectivity index (χ0v) is 15.2. The maximum Gasteiger partial charge on any atom is 0.323 e. The Hall–Kier alpha value is -3.22. The molecule has 7 heteroatoms. The normalized spacial score (nSPS) is 16.9. The van der Waals surface area contributed by atoms with E-state index in [1.807, 2.05) is 54.4 Å². The summed E-state index contributed by atoms with van der Waals surface area (Å²) in [4.78, 5) is 23.6. The number of aromatic nitrogens is 4. The largest absolute Gasteiger partial charge is 0.323 e. The van der Waals surface area contributed by atoms with Gasteiger partial charge in [-0.15, -0.1) is 0 Å². The van der Waals surface area contributed by atoms with Gasteiger partial charge in [0.25, 0.3) is 0 Å². The molecule has 1 aliphatic rings. The van der Waals surface area contributed by atoms with Crippen molar-refractivity contribution in [2.75, 3.05) is 11.9 Å². The second kappa shape index (κ2) is 7.57. The van der Waals surface area contributed by atoms with Gasteiger partial charge < -0.3 is 4.90 Å². The molecule has 4 heterocycles. The Bertz CT molecular complexity index is 909. The lowest BCUT2D eigenvalue weighted by atomic mass is 9.99. The maximum atomic E-state index is 13.0. The second-order valence-corrected chi connectivity index (χ2v) is 6.64. The van der Waals surface area contributed by atoms with Crippen molar-refractivity contribution in [2.24, 2.45) is 7.05 Å². The van der Waals surface area contributed by atoms with Crippen LogP contribution < -0.4 is 5.32 Å². The number of nitrogens with one attached hydrogen (secondary N) is 1. The summed E-state index contributed by atoms with van der Waals surface area (Å²) in [5.74, 6) is 0.644. The quantitative estimate of drug-likeness (QED) is 0.772. The minimum atomic E-state index is -0.124. The Morgan fingerprint density at radius 2 is 1.89 bits per heavy atom. The highest BCUT2D eigenvalue weighted by atomic mass is 16.2. The monoisotopic (exact) mass is 362 g/mol. The fourth-order valence-corrected chi connectivity index (χ4v) is 3.46. The van der Waals surface area contributed by atoms with Crippen LogP contribution in [0.1, 0.15) is 31.0 Å². The van der Waals surface area contributed by atoms with E-state index in [9.17, 15) is 4.79 Å². The Kier molecular flexibility index (Phi) is 4.82. The highest BCUT2D eigenvalue weighted by Crippen LogP contribution is 2.30. The van der Waals surface area contributed by atoms with Crippen molar-refractivity contribution in [3.63, 3.8) is 0 Å². The molecule has 0 spiro atoms. The van der Waals surface area contributed by atoms with E-state index in [-0.39, 0.29) is 12.1 Å². The first kappa shape index (κ1) is 17.2. The number of hydrogen-bond donors (Lipinski definition) is 1. The third kappa shape index (κ3) is 3.67. The number of piperidine rings is 1. The molecule has 1 atom stereocenters. The fourth-order valence-electron chi connectivity index (χ4n) is 3.46. The molecule has 2 amide bonds. The van der Waals surface area contributed by atoms with Crippen LogP contribution in [-0.4, -0.2) is 37.2 Å².